The number of nitrogens with two attached hydrogens (primary N) is 1. The van der Waals surface area contributed by atoms with Gasteiger partial charge in [-0.2, -0.15) is 0 Å². The maximum atomic E-state index is 13.1. The lowest BCUT2D eigenvalue weighted by atomic mass is 10.1. The molecule has 1 heterocycles. The highest BCUT2D eigenvalue weighted by atomic mass is 16.7. The SMILES string of the molecule is CCOC(OCC)C(C)N(Cc1cccc2cccnc12)C(=O)C(N)CC(=O)O. The summed E-state index contributed by atoms with van der Waals surface area (Å²) in [5.74, 6) is -1.60. The minimum Gasteiger partial charge on any atom is -0.481 e. The van der Waals surface area contributed by atoms with Gasteiger partial charge < -0.3 is 25.2 Å². The molecular formula is C21H29N3O5. The summed E-state index contributed by atoms with van der Waals surface area (Å²) in [6.07, 6.45) is 0.582. The van der Waals surface area contributed by atoms with Crippen LogP contribution >= 0.6 is 0 Å². The molecule has 2 atom stereocenters. The number of amides is 1. The minimum atomic E-state index is -1.17. The van der Waals surface area contributed by atoms with Gasteiger partial charge in [0, 0.05) is 31.3 Å². The van der Waals surface area contributed by atoms with Crippen molar-refractivity contribution in [1.82, 2.24) is 9.88 Å². The van der Waals surface area contributed by atoms with Crippen molar-refractivity contribution >= 4 is 22.8 Å². The van der Waals surface area contributed by atoms with Crippen LogP contribution < -0.4 is 5.73 Å². The Morgan fingerprint density at radius 2 is 1.83 bits per heavy atom. The molecule has 0 saturated heterocycles. The van der Waals surface area contributed by atoms with Crippen LogP contribution in [-0.2, 0) is 25.6 Å². The van der Waals surface area contributed by atoms with Crippen molar-refractivity contribution in [2.24, 2.45) is 5.73 Å². The van der Waals surface area contributed by atoms with Gasteiger partial charge in [-0.3, -0.25) is 14.6 Å². The first kappa shape index (κ1) is 22.7. The van der Waals surface area contributed by atoms with Crippen LogP contribution in [0.5, 0.6) is 0 Å². The van der Waals surface area contributed by atoms with Crippen LogP contribution in [0, 0.1) is 0 Å². The number of aromatic nitrogens is 1. The van der Waals surface area contributed by atoms with Crippen LogP contribution in [0.1, 0.15) is 32.8 Å². The summed E-state index contributed by atoms with van der Waals surface area (Å²) in [5.41, 5.74) is 7.51. The van der Waals surface area contributed by atoms with Gasteiger partial charge in [-0.05, 0) is 32.4 Å². The van der Waals surface area contributed by atoms with Gasteiger partial charge in [0.15, 0.2) is 6.29 Å². The van der Waals surface area contributed by atoms with Gasteiger partial charge >= 0.3 is 5.97 Å². The smallest absolute Gasteiger partial charge is 0.305 e. The molecule has 2 unspecified atom stereocenters. The Balaban J connectivity index is 2.39. The van der Waals surface area contributed by atoms with E-state index in [0.29, 0.717) is 13.2 Å². The number of carboxylic acids is 1. The van der Waals surface area contributed by atoms with E-state index < -0.39 is 36.7 Å². The van der Waals surface area contributed by atoms with Crippen LogP contribution in [0.4, 0.5) is 0 Å². The lowest BCUT2D eigenvalue weighted by Crippen LogP contribution is -2.52. The first-order valence-electron chi connectivity index (χ1n) is 9.72. The number of carbonyl (C=O) groups excluding carboxylic acids is 1. The Kier molecular flexibility index (Phi) is 8.50. The summed E-state index contributed by atoms with van der Waals surface area (Å²) in [7, 11) is 0. The third-order valence-corrected chi connectivity index (χ3v) is 4.60. The number of aliphatic carboxylic acids is 1. The molecule has 0 spiro atoms. The number of carboxylic acid groups (broad SMARTS) is 1. The maximum absolute atomic E-state index is 13.1. The molecule has 8 nitrogen and oxygen atoms in total. The molecule has 29 heavy (non-hydrogen) atoms. The zero-order valence-electron chi connectivity index (χ0n) is 17.1. The number of carbonyl (C=O) groups is 2. The van der Waals surface area contributed by atoms with Gasteiger partial charge in [-0.25, -0.2) is 0 Å². The number of fused-ring (bicyclic) bond motifs is 1. The summed E-state index contributed by atoms with van der Waals surface area (Å²) in [5, 5.41) is 10.0. The third-order valence-electron chi connectivity index (χ3n) is 4.60. The maximum Gasteiger partial charge on any atom is 0.305 e. The van der Waals surface area contributed by atoms with Crippen molar-refractivity contribution in [2.75, 3.05) is 13.2 Å². The van der Waals surface area contributed by atoms with Gasteiger partial charge in [0.1, 0.15) is 0 Å². The molecule has 0 bridgehead atoms. The van der Waals surface area contributed by atoms with E-state index in [1.165, 1.54) is 4.90 Å². The van der Waals surface area contributed by atoms with Crippen LogP contribution in [0.3, 0.4) is 0 Å². The van der Waals surface area contributed by atoms with E-state index in [2.05, 4.69) is 4.98 Å². The van der Waals surface area contributed by atoms with Crippen molar-refractivity contribution in [2.45, 2.75) is 52.1 Å². The monoisotopic (exact) mass is 403 g/mol. The second-order valence-corrected chi connectivity index (χ2v) is 6.68. The van der Waals surface area contributed by atoms with E-state index in [4.69, 9.17) is 20.3 Å². The average Bonchev–Trinajstić information content (AvgIpc) is 2.70. The van der Waals surface area contributed by atoms with E-state index in [-0.39, 0.29) is 6.54 Å². The number of ether oxygens (including phenoxy) is 2. The van der Waals surface area contributed by atoms with Gasteiger partial charge in [-0.15, -0.1) is 0 Å². The Labute approximate surface area is 170 Å². The zero-order valence-corrected chi connectivity index (χ0v) is 17.1. The van der Waals surface area contributed by atoms with E-state index >= 15 is 0 Å². The standard InChI is InChI=1S/C21H29N3O5/c1-4-28-21(29-5-2)14(3)24(20(27)17(22)12-18(25)26)13-16-9-6-8-15-10-7-11-23-19(15)16/h6-11,14,17,21H,4-5,12-13,22H2,1-3H3,(H,25,26). The average molecular weight is 403 g/mol. The number of nitrogens with zero attached hydrogens (tertiary/aromatic N) is 2. The fraction of sp³-hybridized carbons (Fsp3) is 0.476. The minimum absolute atomic E-state index is 0.207. The summed E-state index contributed by atoms with van der Waals surface area (Å²) in [4.78, 5) is 30.1. The molecule has 2 rings (SSSR count). The first-order chi connectivity index (χ1) is 13.9. The molecule has 3 N–H and O–H groups in total. The van der Waals surface area contributed by atoms with E-state index in [1.807, 2.05) is 44.2 Å². The number of hydrogen-bond acceptors (Lipinski definition) is 6. The molecule has 0 aliphatic carbocycles. The highest BCUT2D eigenvalue weighted by molar-refractivity contribution is 5.87. The summed E-state index contributed by atoms with van der Waals surface area (Å²) >= 11 is 0. The van der Waals surface area contributed by atoms with Crippen molar-refractivity contribution in [3.8, 4) is 0 Å². The number of hydrogen-bond donors (Lipinski definition) is 2. The molecule has 0 saturated carbocycles. The van der Waals surface area contributed by atoms with Gasteiger partial charge in [0.25, 0.3) is 0 Å². The Hall–Kier alpha value is -2.55. The highest BCUT2D eigenvalue weighted by Gasteiger charge is 2.32. The second-order valence-electron chi connectivity index (χ2n) is 6.68. The Morgan fingerprint density at radius 3 is 2.45 bits per heavy atom. The second kappa shape index (κ2) is 10.8. The molecule has 1 aromatic heterocycles. The summed E-state index contributed by atoms with van der Waals surface area (Å²) in [6, 6.07) is 7.87. The van der Waals surface area contributed by atoms with Crippen LogP contribution in [0.2, 0.25) is 0 Å². The van der Waals surface area contributed by atoms with Crippen LogP contribution in [0.15, 0.2) is 36.5 Å². The summed E-state index contributed by atoms with van der Waals surface area (Å²) in [6.45, 7) is 6.52. The largest absolute Gasteiger partial charge is 0.481 e. The quantitative estimate of drug-likeness (QED) is 0.552. The zero-order chi connectivity index (χ0) is 21.4. The van der Waals surface area contributed by atoms with Gasteiger partial charge in [0.2, 0.25) is 5.91 Å². The molecule has 0 aliphatic heterocycles. The molecule has 0 fully saturated rings. The fourth-order valence-electron chi connectivity index (χ4n) is 3.19. The lowest BCUT2D eigenvalue weighted by molar-refractivity contribution is -0.179. The van der Waals surface area contributed by atoms with Crippen molar-refractivity contribution in [3.05, 3.63) is 42.1 Å². The number of pyridine rings is 1. The summed E-state index contributed by atoms with van der Waals surface area (Å²) < 4.78 is 11.3. The third kappa shape index (κ3) is 5.96. The number of para-hydroxylation sites is 1. The van der Waals surface area contributed by atoms with E-state index in [0.717, 1.165) is 16.5 Å². The molecule has 1 aromatic carbocycles. The first-order valence-corrected chi connectivity index (χ1v) is 9.72. The van der Waals surface area contributed by atoms with Crippen molar-refractivity contribution < 1.29 is 24.2 Å². The lowest BCUT2D eigenvalue weighted by Gasteiger charge is -2.35. The molecule has 0 radical (unpaired) electrons. The molecule has 158 valence electrons. The predicted molar refractivity (Wildman–Crippen MR) is 109 cm³/mol. The Morgan fingerprint density at radius 1 is 1.17 bits per heavy atom. The number of rotatable bonds is 11. The van der Waals surface area contributed by atoms with Crippen molar-refractivity contribution in [1.29, 1.82) is 0 Å². The van der Waals surface area contributed by atoms with Gasteiger partial charge in [-0.1, -0.05) is 24.3 Å². The Bertz CT molecular complexity index is 818. The normalized spacial score (nSPS) is 13.4. The predicted octanol–water partition coefficient (Wildman–Crippen LogP) is 2.15. The molecule has 8 heteroatoms. The molecule has 0 aliphatic rings. The van der Waals surface area contributed by atoms with E-state index in [1.54, 1.807) is 13.1 Å². The van der Waals surface area contributed by atoms with Crippen LogP contribution in [-0.4, -0.2) is 58.5 Å². The fourth-order valence-corrected chi connectivity index (χ4v) is 3.19. The molecule has 2 aromatic rings. The van der Waals surface area contributed by atoms with E-state index in [9.17, 15) is 9.59 Å². The van der Waals surface area contributed by atoms with Crippen molar-refractivity contribution in [3.63, 3.8) is 0 Å². The topological polar surface area (TPSA) is 115 Å². The molecule has 1 amide bonds. The molecular weight excluding hydrogens is 374 g/mol. The highest BCUT2D eigenvalue weighted by Crippen LogP contribution is 2.21. The van der Waals surface area contributed by atoms with Gasteiger partial charge in [0.05, 0.1) is 24.0 Å². The van der Waals surface area contributed by atoms with Crippen LogP contribution in [0.25, 0.3) is 10.9 Å². The number of benzene rings is 1.